The zero-order valence-electron chi connectivity index (χ0n) is 40.8. The van der Waals surface area contributed by atoms with Crippen molar-refractivity contribution in [2.24, 2.45) is 0 Å². The summed E-state index contributed by atoms with van der Waals surface area (Å²) in [6, 6.07) is 74.3. The van der Waals surface area contributed by atoms with Crippen molar-refractivity contribution in [3.63, 3.8) is 0 Å². The van der Waals surface area contributed by atoms with Crippen molar-refractivity contribution in [1.82, 2.24) is 15.0 Å². The third kappa shape index (κ3) is 5.83. The fraction of sp³-hybridized carbons (Fsp3) is 0.0143. The summed E-state index contributed by atoms with van der Waals surface area (Å²) in [6.07, 6.45) is 4.06. The summed E-state index contributed by atoms with van der Waals surface area (Å²) < 4.78 is 19.5. The highest BCUT2D eigenvalue weighted by Crippen LogP contribution is 2.64. The van der Waals surface area contributed by atoms with Crippen LogP contribution in [0.15, 0.2) is 256 Å². The topological polar surface area (TPSA) is 78.1 Å². The lowest BCUT2D eigenvalue weighted by molar-refractivity contribution is 0.668. The molecule has 10 aromatic carbocycles. The first-order valence-corrected chi connectivity index (χ1v) is 25.5. The average molecular weight is 972 g/mol. The maximum Gasteiger partial charge on any atom is 0.164 e. The monoisotopic (exact) mass is 971 g/mol. The molecule has 0 atom stereocenters. The molecule has 0 N–H and O–H groups in total. The molecule has 0 unspecified atom stereocenters. The Hall–Kier alpha value is -10.2. The number of rotatable bonds is 7. The van der Waals surface area contributed by atoms with Crippen LogP contribution in [-0.2, 0) is 5.41 Å². The van der Waals surface area contributed by atoms with Crippen molar-refractivity contribution in [1.29, 1.82) is 0 Å². The molecule has 0 fully saturated rings. The molecular weight excluding hydrogens is 931 g/mol. The molecule has 0 aliphatic heterocycles. The van der Waals surface area contributed by atoms with E-state index in [4.69, 9.17) is 28.2 Å². The Morgan fingerprint density at radius 2 is 0.829 bits per heavy atom. The molecule has 4 aromatic heterocycles. The summed E-state index contributed by atoms with van der Waals surface area (Å²) >= 11 is 0. The Morgan fingerprint density at radius 3 is 1.55 bits per heavy atom. The van der Waals surface area contributed by atoms with E-state index in [1.54, 1.807) is 0 Å². The normalized spacial score (nSPS) is 13.4. The maximum absolute atomic E-state index is 6.69. The van der Waals surface area contributed by atoms with Gasteiger partial charge in [0.2, 0.25) is 0 Å². The number of allylic oxidation sites excluding steroid dienone is 4. The molecule has 6 nitrogen and oxygen atoms in total. The molecular formula is C70H41N3O3. The lowest BCUT2D eigenvalue weighted by atomic mass is 9.67. The molecule has 0 saturated heterocycles. The van der Waals surface area contributed by atoms with Gasteiger partial charge >= 0.3 is 0 Å². The van der Waals surface area contributed by atoms with Gasteiger partial charge in [0.25, 0.3) is 0 Å². The molecule has 354 valence electrons. The Kier molecular flexibility index (Phi) is 8.87. The number of para-hydroxylation sites is 2. The van der Waals surface area contributed by atoms with Crippen LogP contribution >= 0.6 is 0 Å². The molecule has 6 heteroatoms. The van der Waals surface area contributed by atoms with Crippen molar-refractivity contribution in [3.8, 4) is 67.5 Å². The standard InChI is InChI=1S/C70H41N3O3/c1-3-44-50-24-14-23-45(66(50)70(55(44)4-2)56-27-9-5-19-46(56)47-20-6-10-28-57(47)70)42-18-13-17-40(37-42)41-34-36-60-54(38-41)65-53(26-16-32-62(65)75-60)69-72-67(43-33-35-49-48-21-7-11-29-58(48)76-63(49)39-43)71-68(73-69)52-25-15-31-61-64(52)51-22-8-12-30-59(51)74-61/h3-39H,1-2H2. The Labute approximate surface area is 435 Å². The lowest BCUT2D eigenvalue weighted by Gasteiger charge is -2.33. The summed E-state index contributed by atoms with van der Waals surface area (Å²) in [5.41, 5.74) is 20.7. The Balaban J connectivity index is 0.873. The molecule has 16 rings (SSSR count). The van der Waals surface area contributed by atoms with Gasteiger partial charge in [-0.1, -0.05) is 183 Å². The minimum Gasteiger partial charge on any atom is -0.456 e. The molecule has 4 heterocycles. The molecule has 14 aromatic rings. The number of furan rings is 3. The van der Waals surface area contributed by atoms with E-state index < -0.39 is 5.41 Å². The summed E-state index contributed by atoms with van der Waals surface area (Å²) in [7, 11) is 0. The van der Waals surface area contributed by atoms with Gasteiger partial charge in [-0.15, -0.1) is 0 Å². The predicted molar refractivity (Wildman–Crippen MR) is 308 cm³/mol. The van der Waals surface area contributed by atoms with Crippen LogP contribution in [0.4, 0.5) is 0 Å². The molecule has 0 bridgehead atoms. The SMILES string of the molecule is C=CC1=C(C=C)C2(c3ccccc3-c3ccccc32)c2c1cccc2-c1cccc(-c2ccc3oc4cccc(-c5nc(-c6ccc7c(c6)oc6ccccc67)nc(-c6cccc7oc8ccccc8c67)n5)c4c3c2)c1. The number of hydrogen-bond donors (Lipinski definition) is 0. The molecule has 1 spiro atoms. The molecule has 76 heavy (non-hydrogen) atoms. The molecule has 2 aliphatic rings. The van der Waals surface area contributed by atoms with E-state index in [0.29, 0.717) is 17.5 Å². The zero-order valence-corrected chi connectivity index (χ0v) is 40.8. The van der Waals surface area contributed by atoms with Crippen LogP contribution in [0.25, 0.3) is 139 Å². The van der Waals surface area contributed by atoms with Gasteiger partial charge in [0.05, 0.1) is 5.41 Å². The van der Waals surface area contributed by atoms with Crippen molar-refractivity contribution in [3.05, 3.63) is 265 Å². The number of benzene rings is 10. The van der Waals surface area contributed by atoms with E-state index >= 15 is 0 Å². The third-order valence-corrected chi connectivity index (χ3v) is 15.9. The molecule has 0 saturated carbocycles. The van der Waals surface area contributed by atoms with Crippen LogP contribution in [0.1, 0.15) is 22.3 Å². The van der Waals surface area contributed by atoms with Crippen LogP contribution < -0.4 is 0 Å². The first-order chi connectivity index (χ1) is 37.6. The Bertz CT molecular complexity index is 4840. The van der Waals surface area contributed by atoms with E-state index in [2.05, 4.69) is 165 Å². The summed E-state index contributed by atoms with van der Waals surface area (Å²) in [5, 5.41) is 5.90. The number of fused-ring (bicyclic) bond motifs is 16. The van der Waals surface area contributed by atoms with Crippen LogP contribution in [-0.4, -0.2) is 15.0 Å². The second-order valence-corrected chi connectivity index (χ2v) is 19.8. The van der Waals surface area contributed by atoms with Gasteiger partial charge in [-0.05, 0) is 121 Å². The quantitative estimate of drug-likeness (QED) is 0.158. The van der Waals surface area contributed by atoms with Gasteiger partial charge in [0.15, 0.2) is 17.5 Å². The van der Waals surface area contributed by atoms with Gasteiger partial charge in [0, 0.05) is 49.0 Å². The highest BCUT2D eigenvalue weighted by atomic mass is 16.3. The lowest BCUT2D eigenvalue weighted by Crippen LogP contribution is -2.27. The highest BCUT2D eigenvalue weighted by molar-refractivity contribution is 6.14. The first-order valence-electron chi connectivity index (χ1n) is 25.5. The molecule has 2 aliphatic carbocycles. The fourth-order valence-electron chi connectivity index (χ4n) is 12.8. The van der Waals surface area contributed by atoms with Crippen LogP contribution in [0, 0.1) is 0 Å². The van der Waals surface area contributed by atoms with E-state index in [-0.39, 0.29) is 0 Å². The highest BCUT2D eigenvalue weighted by Gasteiger charge is 2.52. The van der Waals surface area contributed by atoms with Crippen LogP contribution in [0.5, 0.6) is 0 Å². The molecule has 0 amide bonds. The van der Waals surface area contributed by atoms with Crippen molar-refractivity contribution in [2.45, 2.75) is 5.41 Å². The number of hydrogen-bond acceptors (Lipinski definition) is 6. The van der Waals surface area contributed by atoms with E-state index in [1.165, 1.54) is 38.9 Å². The minimum absolute atomic E-state index is 0.517. The Morgan fingerprint density at radius 1 is 0.329 bits per heavy atom. The van der Waals surface area contributed by atoms with Gasteiger partial charge in [0.1, 0.15) is 33.5 Å². The number of aromatic nitrogens is 3. The third-order valence-electron chi connectivity index (χ3n) is 15.9. The van der Waals surface area contributed by atoms with E-state index in [1.807, 2.05) is 72.8 Å². The maximum atomic E-state index is 6.69. The predicted octanol–water partition coefficient (Wildman–Crippen LogP) is 18.4. The zero-order chi connectivity index (χ0) is 50.2. The average Bonchev–Trinajstić information content (AvgIpc) is 4.48. The summed E-state index contributed by atoms with van der Waals surface area (Å²) in [4.78, 5) is 15.9. The largest absolute Gasteiger partial charge is 0.456 e. The second kappa shape index (κ2) is 15.9. The number of nitrogens with zero attached hydrogens (tertiary/aromatic N) is 3. The van der Waals surface area contributed by atoms with E-state index in [0.717, 1.165) is 110 Å². The van der Waals surface area contributed by atoms with Gasteiger partial charge in [-0.25, -0.2) is 15.0 Å². The van der Waals surface area contributed by atoms with Gasteiger partial charge in [-0.3, -0.25) is 0 Å². The minimum atomic E-state index is -0.570. The van der Waals surface area contributed by atoms with Crippen molar-refractivity contribution >= 4 is 71.4 Å². The molecule has 0 radical (unpaired) electrons. The summed E-state index contributed by atoms with van der Waals surface area (Å²) in [5.74, 6) is 1.56. The second-order valence-electron chi connectivity index (χ2n) is 19.8. The summed E-state index contributed by atoms with van der Waals surface area (Å²) in [6.45, 7) is 8.82. The smallest absolute Gasteiger partial charge is 0.164 e. The van der Waals surface area contributed by atoms with Crippen LogP contribution in [0.3, 0.4) is 0 Å². The van der Waals surface area contributed by atoms with Gasteiger partial charge in [-0.2, -0.15) is 0 Å². The van der Waals surface area contributed by atoms with Crippen molar-refractivity contribution in [2.75, 3.05) is 0 Å². The van der Waals surface area contributed by atoms with Gasteiger partial charge < -0.3 is 13.3 Å². The van der Waals surface area contributed by atoms with Crippen molar-refractivity contribution < 1.29 is 13.3 Å². The van der Waals surface area contributed by atoms with Crippen LogP contribution in [0.2, 0.25) is 0 Å². The van der Waals surface area contributed by atoms with E-state index in [9.17, 15) is 0 Å². The first kappa shape index (κ1) is 42.3. The fourth-order valence-corrected chi connectivity index (χ4v) is 12.8.